The molecule has 7 nitrogen and oxygen atoms in total. The fourth-order valence-electron chi connectivity index (χ4n) is 2.13. The number of likely N-dealkylation sites (N-methyl/N-ethyl adjacent to an activating group) is 1. The number of halogens is 1. The van der Waals surface area contributed by atoms with Crippen molar-refractivity contribution in [1.29, 1.82) is 0 Å². The highest BCUT2D eigenvalue weighted by Gasteiger charge is 2.21. The van der Waals surface area contributed by atoms with Gasteiger partial charge in [-0.15, -0.1) is 0 Å². The van der Waals surface area contributed by atoms with E-state index in [1.165, 1.54) is 6.07 Å². The Balaban J connectivity index is 1.82. The highest BCUT2D eigenvalue weighted by molar-refractivity contribution is 5.79. The van der Waals surface area contributed by atoms with E-state index in [-0.39, 0.29) is 17.0 Å². The van der Waals surface area contributed by atoms with Gasteiger partial charge in [-0.2, -0.15) is 4.98 Å². The zero-order chi connectivity index (χ0) is 19.2. The molecule has 0 unspecified atom stereocenters. The van der Waals surface area contributed by atoms with Gasteiger partial charge in [-0.05, 0) is 12.1 Å². The largest absolute Gasteiger partial charge is 0.489 e. The third-order valence-electron chi connectivity index (χ3n) is 3.61. The molecular formula is C18H26FN5O2. The number of guanidine groups is 1. The van der Waals surface area contributed by atoms with Crippen molar-refractivity contribution in [3.05, 3.63) is 41.8 Å². The molecule has 1 aromatic carbocycles. The minimum absolute atomic E-state index is 0.187. The van der Waals surface area contributed by atoms with Gasteiger partial charge in [0.2, 0.25) is 5.89 Å². The van der Waals surface area contributed by atoms with Gasteiger partial charge < -0.3 is 19.5 Å². The summed E-state index contributed by atoms with van der Waals surface area (Å²) in [4.78, 5) is 10.5. The lowest BCUT2D eigenvalue weighted by Gasteiger charge is -2.21. The first-order valence-electron chi connectivity index (χ1n) is 8.43. The summed E-state index contributed by atoms with van der Waals surface area (Å²) < 4.78 is 24.3. The second-order valence-electron chi connectivity index (χ2n) is 6.87. The Kier molecular flexibility index (Phi) is 6.54. The van der Waals surface area contributed by atoms with Crippen molar-refractivity contribution in [2.24, 2.45) is 4.99 Å². The fraction of sp³-hybridized carbons (Fsp3) is 0.500. The van der Waals surface area contributed by atoms with E-state index in [0.717, 1.165) is 0 Å². The summed E-state index contributed by atoms with van der Waals surface area (Å²) in [5.41, 5.74) is -0.187. The normalized spacial score (nSPS) is 12.2. The van der Waals surface area contributed by atoms with Crippen LogP contribution in [-0.4, -0.2) is 48.2 Å². The van der Waals surface area contributed by atoms with E-state index in [1.54, 1.807) is 25.2 Å². The first-order chi connectivity index (χ1) is 12.3. The zero-order valence-corrected chi connectivity index (χ0v) is 15.9. The van der Waals surface area contributed by atoms with E-state index in [9.17, 15) is 4.39 Å². The summed E-state index contributed by atoms with van der Waals surface area (Å²) in [5, 5.41) is 7.14. The molecule has 26 heavy (non-hydrogen) atoms. The highest BCUT2D eigenvalue weighted by atomic mass is 19.1. The Bertz CT molecular complexity index is 739. The van der Waals surface area contributed by atoms with Crippen LogP contribution >= 0.6 is 0 Å². The topological polar surface area (TPSA) is 75.8 Å². The van der Waals surface area contributed by atoms with Gasteiger partial charge in [0.15, 0.2) is 23.4 Å². The molecule has 0 fully saturated rings. The van der Waals surface area contributed by atoms with Crippen LogP contribution in [0.1, 0.15) is 32.5 Å². The van der Waals surface area contributed by atoms with Gasteiger partial charge in [0, 0.05) is 19.5 Å². The molecule has 0 aliphatic carbocycles. The van der Waals surface area contributed by atoms with Gasteiger partial charge in [-0.25, -0.2) is 4.39 Å². The van der Waals surface area contributed by atoms with Gasteiger partial charge in [-0.3, -0.25) is 4.99 Å². The van der Waals surface area contributed by atoms with Gasteiger partial charge in [0.05, 0.1) is 13.1 Å². The summed E-state index contributed by atoms with van der Waals surface area (Å²) in [6.45, 7) is 7.30. The molecule has 0 aliphatic heterocycles. The van der Waals surface area contributed by atoms with Crippen LogP contribution in [0.3, 0.4) is 0 Å². The predicted octanol–water partition coefficient (Wildman–Crippen LogP) is 2.59. The van der Waals surface area contributed by atoms with Crippen molar-refractivity contribution in [3.8, 4) is 5.75 Å². The molecule has 142 valence electrons. The number of hydrogen-bond acceptors (Lipinski definition) is 5. The molecule has 0 bridgehead atoms. The Labute approximate surface area is 153 Å². The Morgan fingerprint density at radius 3 is 2.69 bits per heavy atom. The van der Waals surface area contributed by atoms with E-state index in [2.05, 4.69) is 20.4 Å². The standard InChI is InChI=1S/C18H26FN5O2/c1-18(2,3)16-22-15(23-26-16)12-21-17(20-4)24(5)10-11-25-14-9-7-6-8-13(14)19/h6-9H,10-12H2,1-5H3,(H,20,21). The zero-order valence-electron chi connectivity index (χ0n) is 15.9. The molecule has 1 heterocycles. The Hall–Kier alpha value is -2.64. The number of nitrogens with zero attached hydrogens (tertiary/aromatic N) is 4. The van der Waals surface area contributed by atoms with Crippen LogP contribution in [0, 0.1) is 5.82 Å². The molecule has 0 saturated carbocycles. The summed E-state index contributed by atoms with van der Waals surface area (Å²) in [6, 6.07) is 6.34. The molecular weight excluding hydrogens is 337 g/mol. The van der Waals surface area contributed by atoms with E-state index in [0.29, 0.717) is 37.4 Å². The van der Waals surface area contributed by atoms with E-state index >= 15 is 0 Å². The molecule has 0 saturated heterocycles. The van der Waals surface area contributed by atoms with E-state index in [4.69, 9.17) is 9.26 Å². The first kappa shape index (κ1) is 19.7. The molecule has 0 aliphatic rings. The molecule has 8 heteroatoms. The Morgan fingerprint density at radius 1 is 1.35 bits per heavy atom. The van der Waals surface area contributed by atoms with Crippen LogP contribution in [0.15, 0.2) is 33.8 Å². The van der Waals surface area contributed by atoms with Crippen LogP contribution in [0.4, 0.5) is 4.39 Å². The third-order valence-corrected chi connectivity index (χ3v) is 3.61. The number of ether oxygens (including phenoxy) is 1. The SMILES string of the molecule is CN=C(NCc1noc(C(C)(C)C)n1)N(C)CCOc1ccccc1F. The number of aromatic nitrogens is 2. The predicted molar refractivity (Wildman–Crippen MR) is 97.7 cm³/mol. The molecule has 2 aromatic rings. The minimum Gasteiger partial charge on any atom is -0.489 e. The van der Waals surface area contributed by atoms with Crippen molar-refractivity contribution in [1.82, 2.24) is 20.4 Å². The number of hydrogen-bond donors (Lipinski definition) is 1. The average Bonchev–Trinajstić information content (AvgIpc) is 3.06. The Morgan fingerprint density at radius 2 is 2.08 bits per heavy atom. The maximum atomic E-state index is 13.5. The molecule has 1 N–H and O–H groups in total. The van der Waals surface area contributed by atoms with Gasteiger partial charge in [0.1, 0.15) is 6.61 Å². The van der Waals surface area contributed by atoms with Gasteiger partial charge >= 0.3 is 0 Å². The lowest BCUT2D eigenvalue weighted by Crippen LogP contribution is -2.40. The number of aliphatic imine (C=N–C) groups is 1. The third kappa shape index (κ3) is 5.44. The average molecular weight is 363 g/mol. The number of benzene rings is 1. The van der Waals surface area contributed by atoms with Crippen LogP contribution in [0.25, 0.3) is 0 Å². The molecule has 2 rings (SSSR count). The molecule has 0 spiro atoms. The molecule has 1 aromatic heterocycles. The van der Waals surface area contributed by atoms with Crippen LogP contribution in [-0.2, 0) is 12.0 Å². The summed E-state index contributed by atoms with van der Waals surface area (Å²) in [6.07, 6.45) is 0. The van der Waals surface area contributed by atoms with Crippen molar-refractivity contribution >= 4 is 5.96 Å². The van der Waals surface area contributed by atoms with Crippen LogP contribution in [0.2, 0.25) is 0 Å². The van der Waals surface area contributed by atoms with Crippen LogP contribution in [0.5, 0.6) is 5.75 Å². The maximum absolute atomic E-state index is 13.5. The quantitative estimate of drug-likeness (QED) is 0.628. The lowest BCUT2D eigenvalue weighted by atomic mass is 9.97. The van der Waals surface area contributed by atoms with Gasteiger partial charge in [0.25, 0.3) is 0 Å². The fourth-order valence-corrected chi connectivity index (χ4v) is 2.13. The smallest absolute Gasteiger partial charge is 0.232 e. The van der Waals surface area contributed by atoms with Crippen molar-refractivity contribution in [3.63, 3.8) is 0 Å². The minimum atomic E-state index is -0.371. The van der Waals surface area contributed by atoms with E-state index in [1.807, 2.05) is 32.7 Å². The highest BCUT2D eigenvalue weighted by Crippen LogP contribution is 2.19. The monoisotopic (exact) mass is 363 g/mol. The van der Waals surface area contributed by atoms with Crippen molar-refractivity contribution in [2.75, 3.05) is 27.2 Å². The van der Waals surface area contributed by atoms with Crippen LogP contribution < -0.4 is 10.1 Å². The van der Waals surface area contributed by atoms with Crippen molar-refractivity contribution in [2.45, 2.75) is 32.7 Å². The van der Waals surface area contributed by atoms with E-state index < -0.39 is 0 Å². The van der Waals surface area contributed by atoms with Gasteiger partial charge in [-0.1, -0.05) is 38.1 Å². The second kappa shape index (κ2) is 8.64. The molecule has 0 amide bonds. The van der Waals surface area contributed by atoms with Crippen molar-refractivity contribution < 1.29 is 13.7 Å². The number of rotatable bonds is 6. The first-order valence-corrected chi connectivity index (χ1v) is 8.43. The number of para-hydroxylation sites is 1. The molecule has 0 radical (unpaired) electrons. The lowest BCUT2D eigenvalue weighted by molar-refractivity contribution is 0.270. The summed E-state index contributed by atoms with van der Waals surface area (Å²) in [7, 11) is 3.56. The second-order valence-corrected chi connectivity index (χ2v) is 6.87. The molecule has 0 atom stereocenters. The maximum Gasteiger partial charge on any atom is 0.232 e. The summed E-state index contributed by atoms with van der Waals surface area (Å²) >= 11 is 0. The number of nitrogens with one attached hydrogen (secondary N) is 1. The summed E-state index contributed by atoms with van der Waals surface area (Å²) in [5.74, 6) is 1.68.